The minimum absolute atomic E-state index is 0.185. The smallest absolute Gasteiger partial charge is 0.305 e. The Morgan fingerprint density at radius 3 is 2.76 bits per heavy atom. The summed E-state index contributed by atoms with van der Waals surface area (Å²) in [5, 5.41) is 7.19. The monoisotopic (exact) mass is 364 g/mol. The number of unbranched alkanes of at least 4 members (excludes halogenated alkanes) is 3. The molecular weight excluding hydrogens is 344 g/mol. The third kappa shape index (κ3) is 6.23. The summed E-state index contributed by atoms with van der Waals surface area (Å²) in [6.07, 6.45) is 3.94. The maximum absolute atomic E-state index is 12.1. The highest BCUT2D eigenvalue weighted by molar-refractivity contribution is 6.30. The molecule has 0 aliphatic carbocycles. The van der Waals surface area contributed by atoms with Crippen molar-refractivity contribution in [1.82, 2.24) is 10.5 Å². The number of halogens is 1. The Morgan fingerprint density at radius 2 is 2.00 bits per heavy atom. The molecule has 1 aromatic heterocycles. The van der Waals surface area contributed by atoms with Gasteiger partial charge in [0.15, 0.2) is 11.5 Å². The zero-order chi connectivity index (χ0) is 18.1. The molecule has 0 fully saturated rings. The summed E-state index contributed by atoms with van der Waals surface area (Å²) in [6.45, 7) is 0.552. The van der Waals surface area contributed by atoms with Crippen LogP contribution in [0.15, 0.2) is 34.9 Å². The van der Waals surface area contributed by atoms with E-state index in [0.29, 0.717) is 23.7 Å². The van der Waals surface area contributed by atoms with E-state index in [2.05, 4.69) is 15.2 Å². The molecular formula is C18H21ClN2O4. The van der Waals surface area contributed by atoms with E-state index in [1.165, 1.54) is 7.11 Å². The van der Waals surface area contributed by atoms with Crippen LogP contribution in [0.1, 0.15) is 42.6 Å². The van der Waals surface area contributed by atoms with Gasteiger partial charge in [-0.3, -0.25) is 9.59 Å². The molecule has 134 valence electrons. The minimum atomic E-state index is -0.272. The summed E-state index contributed by atoms with van der Waals surface area (Å²) < 4.78 is 9.79. The number of carbonyl (C=O) groups excluding carboxylic acids is 2. The first-order valence-electron chi connectivity index (χ1n) is 8.18. The standard InChI is InChI=1S/C18H21ClN2O4/c1-24-17(22)9-4-2-3-5-10-20-18(23)15-12-16(25-21-15)13-7-6-8-14(19)11-13/h6-8,11-12H,2-5,9-10H2,1H3,(H,20,23). The van der Waals surface area contributed by atoms with Crippen molar-refractivity contribution in [2.24, 2.45) is 0 Å². The van der Waals surface area contributed by atoms with E-state index in [-0.39, 0.29) is 17.6 Å². The van der Waals surface area contributed by atoms with Gasteiger partial charge in [-0.1, -0.05) is 41.7 Å². The molecule has 0 bridgehead atoms. The second-order valence-electron chi connectivity index (χ2n) is 5.58. The first-order chi connectivity index (χ1) is 12.1. The molecule has 0 aliphatic heterocycles. The Morgan fingerprint density at radius 1 is 1.20 bits per heavy atom. The van der Waals surface area contributed by atoms with Gasteiger partial charge in [0.25, 0.3) is 5.91 Å². The first-order valence-corrected chi connectivity index (χ1v) is 8.55. The predicted octanol–water partition coefficient (Wildman–Crippen LogP) is 3.85. The van der Waals surface area contributed by atoms with Crippen LogP contribution >= 0.6 is 11.6 Å². The summed E-state index contributed by atoms with van der Waals surface area (Å²) in [4.78, 5) is 23.0. The van der Waals surface area contributed by atoms with Gasteiger partial charge in [-0.05, 0) is 25.0 Å². The Hall–Kier alpha value is -2.34. The number of rotatable bonds is 9. The van der Waals surface area contributed by atoms with Crippen LogP contribution in [0.4, 0.5) is 0 Å². The van der Waals surface area contributed by atoms with Crippen molar-refractivity contribution in [1.29, 1.82) is 0 Å². The van der Waals surface area contributed by atoms with Gasteiger partial charge in [-0.2, -0.15) is 0 Å². The number of hydrogen-bond donors (Lipinski definition) is 1. The van der Waals surface area contributed by atoms with Crippen molar-refractivity contribution in [2.75, 3.05) is 13.7 Å². The Balaban J connectivity index is 1.70. The molecule has 1 aromatic carbocycles. The molecule has 0 saturated carbocycles. The van der Waals surface area contributed by atoms with Crippen LogP contribution in [0.5, 0.6) is 0 Å². The molecule has 0 saturated heterocycles. The number of amides is 1. The van der Waals surface area contributed by atoms with Crippen molar-refractivity contribution in [3.05, 3.63) is 41.0 Å². The average molecular weight is 365 g/mol. The van der Waals surface area contributed by atoms with Gasteiger partial charge >= 0.3 is 5.97 Å². The lowest BCUT2D eigenvalue weighted by molar-refractivity contribution is -0.140. The average Bonchev–Trinajstić information content (AvgIpc) is 3.10. The van der Waals surface area contributed by atoms with E-state index in [1.54, 1.807) is 24.3 Å². The van der Waals surface area contributed by atoms with E-state index >= 15 is 0 Å². The van der Waals surface area contributed by atoms with E-state index in [1.807, 2.05) is 6.07 Å². The van der Waals surface area contributed by atoms with Crippen molar-refractivity contribution >= 4 is 23.5 Å². The second kappa shape index (κ2) is 9.84. The summed E-state index contributed by atoms with van der Waals surface area (Å²) in [5.41, 5.74) is 1.00. The number of ether oxygens (including phenoxy) is 1. The molecule has 1 N–H and O–H groups in total. The third-order valence-corrected chi connectivity index (χ3v) is 3.91. The number of aromatic nitrogens is 1. The van der Waals surface area contributed by atoms with Crippen molar-refractivity contribution < 1.29 is 18.8 Å². The lowest BCUT2D eigenvalue weighted by Gasteiger charge is -2.03. The SMILES string of the molecule is COC(=O)CCCCCCNC(=O)c1cc(-c2cccc(Cl)c2)on1. The van der Waals surface area contributed by atoms with Gasteiger partial charge in [-0.25, -0.2) is 0 Å². The molecule has 7 heteroatoms. The molecule has 0 spiro atoms. The van der Waals surface area contributed by atoms with Crippen LogP contribution in [0.3, 0.4) is 0 Å². The quantitative estimate of drug-likeness (QED) is 0.540. The fraction of sp³-hybridized carbons (Fsp3) is 0.389. The molecule has 1 heterocycles. The molecule has 0 aliphatic rings. The molecule has 2 aromatic rings. The molecule has 6 nitrogen and oxygen atoms in total. The number of benzene rings is 1. The number of hydrogen-bond acceptors (Lipinski definition) is 5. The minimum Gasteiger partial charge on any atom is -0.469 e. The van der Waals surface area contributed by atoms with Crippen molar-refractivity contribution in [3.63, 3.8) is 0 Å². The Bertz CT molecular complexity index is 715. The second-order valence-corrected chi connectivity index (χ2v) is 6.02. The maximum atomic E-state index is 12.1. The molecule has 2 rings (SSSR count). The van der Waals surface area contributed by atoms with Crippen molar-refractivity contribution in [3.8, 4) is 11.3 Å². The fourth-order valence-corrected chi connectivity index (χ4v) is 2.49. The van der Waals surface area contributed by atoms with E-state index in [0.717, 1.165) is 31.2 Å². The number of esters is 1. The predicted molar refractivity (Wildman–Crippen MR) is 94.4 cm³/mol. The van der Waals surface area contributed by atoms with Gasteiger partial charge in [0, 0.05) is 29.6 Å². The number of methoxy groups -OCH3 is 1. The highest BCUT2D eigenvalue weighted by Gasteiger charge is 2.13. The maximum Gasteiger partial charge on any atom is 0.305 e. The lowest BCUT2D eigenvalue weighted by atomic mass is 10.1. The molecule has 25 heavy (non-hydrogen) atoms. The van der Waals surface area contributed by atoms with E-state index in [4.69, 9.17) is 16.1 Å². The van der Waals surface area contributed by atoms with E-state index < -0.39 is 0 Å². The largest absolute Gasteiger partial charge is 0.469 e. The van der Waals surface area contributed by atoms with Crippen molar-refractivity contribution in [2.45, 2.75) is 32.1 Å². The Kier molecular flexibility index (Phi) is 7.47. The number of nitrogens with zero attached hydrogens (tertiary/aromatic N) is 1. The normalized spacial score (nSPS) is 10.5. The van der Waals surface area contributed by atoms with Crippen LogP contribution in [0, 0.1) is 0 Å². The first kappa shape index (κ1) is 19.0. The van der Waals surface area contributed by atoms with Gasteiger partial charge < -0.3 is 14.6 Å². The summed E-state index contributed by atoms with van der Waals surface area (Å²) >= 11 is 5.94. The van der Waals surface area contributed by atoms with Gasteiger partial charge in [-0.15, -0.1) is 0 Å². The number of carbonyl (C=O) groups is 2. The summed E-state index contributed by atoms with van der Waals surface area (Å²) in [5.74, 6) is 0.0388. The van der Waals surface area contributed by atoms with Crippen LogP contribution in [0.2, 0.25) is 5.02 Å². The van der Waals surface area contributed by atoms with Gasteiger partial charge in [0.2, 0.25) is 0 Å². The highest BCUT2D eigenvalue weighted by Crippen LogP contribution is 2.23. The van der Waals surface area contributed by atoms with Crippen LogP contribution in [-0.4, -0.2) is 30.7 Å². The fourth-order valence-electron chi connectivity index (χ4n) is 2.30. The molecule has 0 unspecified atom stereocenters. The van der Waals surface area contributed by atoms with Gasteiger partial charge in [0.05, 0.1) is 7.11 Å². The van der Waals surface area contributed by atoms with Gasteiger partial charge in [0.1, 0.15) is 0 Å². The number of nitrogens with one attached hydrogen (secondary N) is 1. The van der Waals surface area contributed by atoms with Crippen LogP contribution in [0.25, 0.3) is 11.3 Å². The van der Waals surface area contributed by atoms with Crippen LogP contribution in [-0.2, 0) is 9.53 Å². The molecule has 0 atom stereocenters. The highest BCUT2D eigenvalue weighted by atomic mass is 35.5. The summed E-state index contributed by atoms with van der Waals surface area (Å²) in [6, 6.07) is 8.75. The lowest BCUT2D eigenvalue weighted by Crippen LogP contribution is -2.24. The topological polar surface area (TPSA) is 81.4 Å². The third-order valence-electron chi connectivity index (χ3n) is 3.67. The Labute approximate surface area is 151 Å². The zero-order valence-corrected chi connectivity index (χ0v) is 14.8. The zero-order valence-electron chi connectivity index (χ0n) is 14.1. The summed E-state index contributed by atoms with van der Waals surface area (Å²) in [7, 11) is 1.39. The van der Waals surface area contributed by atoms with E-state index in [9.17, 15) is 9.59 Å². The molecule has 1 amide bonds. The van der Waals surface area contributed by atoms with Crippen LogP contribution < -0.4 is 5.32 Å². The molecule has 0 radical (unpaired) electrons.